The van der Waals surface area contributed by atoms with Gasteiger partial charge < -0.3 is 9.47 Å². The molecule has 0 bridgehead atoms. The predicted octanol–water partition coefficient (Wildman–Crippen LogP) is 4.46. The van der Waals surface area contributed by atoms with Crippen molar-refractivity contribution in [2.75, 3.05) is 30.9 Å². The summed E-state index contributed by atoms with van der Waals surface area (Å²) in [5.41, 5.74) is 2.99. The fraction of sp³-hybridized carbons (Fsp3) is 0.654. The molecule has 5 rings (SSSR count). The summed E-state index contributed by atoms with van der Waals surface area (Å²) in [4.78, 5) is 14.9. The van der Waals surface area contributed by atoms with E-state index in [0.717, 1.165) is 62.5 Å². The van der Waals surface area contributed by atoms with Crippen LogP contribution in [0.15, 0.2) is 24.4 Å². The van der Waals surface area contributed by atoms with Crippen LogP contribution in [0.2, 0.25) is 0 Å². The number of hydrogen-bond acceptors (Lipinski definition) is 3. The van der Waals surface area contributed by atoms with Gasteiger partial charge in [-0.1, -0.05) is 19.8 Å². The van der Waals surface area contributed by atoms with Crippen LogP contribution in [0.1, 0.15) is 69.8 Å². The van der Waals surface area contributed by atoms with Crippen molar-refractivity contribution in [1.82, 2.24) is 13.8 Å². The fourth-order valence-electron chi connectivity index (χ4n) is 6.09. The number of carbonyl (C=O) groups is 1. The molecule has 2 saturated heterocycles. The van der Waals surface area contributed by atoms with Crippen LogP contribution in [0, 0.1) is 11.8 Å². The zero-order valence-corrected chi connectivity index (χ0v) is 21.3. The molecule has 0 unspecified atom stereocenters. The monoisotopic (exact) mass is 486 g/mol. The van der Waals surface area contributed by atoms with Crippen molar-refractivity contribution >= 4 is 32.7 Å². The summed E-state index contributed by atoms with van der Waals surface area (Å²) in [5, 5.41) is 1.11. The van der Waals surface area contributed by atoms with Gasteiger partial charge in [0.15, 0.2) is 0 Å². The lowest BCUT2D eigenvalue weighted by atomic mass is 9.88. The first-order valence-electron chi connectivity index (χ1n) is 13.0. The first-order chi connectivity index (χ1) is 16.3. The Hall–Kier alpha value is -2.06. The molecule has 3 heterocycles. The molecular formula is C26H38N4O3S. The molecule has 3 aliphatic rings. The Morgan fingerprint density at radius 2 is 1.65 bits per heavy atom. The smallest absolute Gasteiger partial charge is 0.301 e. The Morgan fingerprint density at radius 3 is 2.32 bits per heavy atom. The Bertz CT molecular complexity index is 1140. The van der Waals surface area contributed by atoms with Crippen molar-refractivity contribution < 1.29 is 13.2 Å². The SMILES string of the molecule is CC1CCN(S(=O)(=O)Nc2ccc3c(c2)c(C2CCN(C(=O)C4CCCC4)CC2)cn3C)CC1. The van der Waals surface area contributed by atoms with Gasteiger partial charge in [-0.3, -0.25) is 9.52 Å². The van der Waals surface area contributed by atoms with Crippen molar-refractivity contribution in [2.45, 2.75) is 64.2 Å². The second kappa shape index (κ2) is 9.53. The minimum atomic E-state index is -3.55. The summed E-state index contributed by atoms with van der Waals surface area (Å²) >= 11 is 0. The Balaban J connectivity index is 1.31. The van der Waals surface area contributed by atoms with Gasteiger partial charge in [0.25, 0.3) is 0 Å². The molecule has 1 N–H and O–H groups in total. The third-order valence-electron chi connectivity index (χ3n) is 8.30. The van der Waals surface area contributed by atoms with Crippen LogP contribution in [-0.2, 0) is 22.1 Å². The van der Waals surface area contributed by atoms with E-state index in [-0.39, 0.29) is 5.92 Å². The van der Waals surface area contributed by atoms with Gasteiger partial charge in [-0.2, -0.15) is 12.7 Å². The van der Waals surface area contributed by atoms with Gasteiger partial charge in [-0.25, -0.2) is 0 Å². The zero-order chi connectivity index (χ0) is 23.9. The number of piperidine rings is 2. The van der Waals surface area contributed by atoms with Crippen LogP contribution in [-0.4, -0.2) is 54.3 Å². The number of fused-ring (bicyclic) bond motifs is 1. The van der Waals surface area contributed by atoms with E-state index in [1.807, 2.05) is 25.2 Å². The number of nitrogens with zero attached hydrogens (tertiary/aromatic N) is 3. The molecule has 34 heavy (non-hydrogen) atoms. The predicted molar refractivity (Wildman–Crippen MR) is 136 cm³/mol. The minimum absolute atomic E-state index is 0.243. The average molecular weight is 487 g/mol. The summed E-state index contributed by atoms with van der Waals surface area (Å²) in [7, 11) is -1.51. The second-order valence-electron chi connectivity index (χ2n) is 10.7. The highest BCUT2D eigenvalue weighted by atomic mass is 32.2. The summed E-state index contributed by atoms with van der Waals surface area (Å²) in [6.45, 7) is 4.96. The van der Waals surface area contributed by atoms with Gasteiger partial charge in [0, 0.05) is 56.2 Å². The van der Waals surface area contributed by atoms with Crippen molar-refractivity contribution in [3.8, 4) is 0 Å². The lowest BCUT2D eigenvalue weighted by molar-refractivity contribution is -0.136. The molecule has 186 valence electrons. The number of hydrogen-bond donors (Lipinski definition) is 1. The van der Waals surface area contributed by atoms with Gasteiger partial charge in [0.2, 0.25) is 5.91 Å². The second-order valence-corrected chi connectivity index (χ2v) is 12.4. The summed E-state index contributed by atoms with van der Waals surface area (Å²) in [6, 6.07) is 5.86. The Kier molecular flexibility index (Phi) is 6.64. The molecule has 1 aromatic carbocycles. The van der Waals surface area contributed by atoms with E-state index >= 15 is 0 Å². The van der Waals surface area contributed by atoms with Crippen molar-refractivity contribution in [1.29, 1.82) is 0 Å². The van der Waals surface area contributed by atoms with E-state index in [0.29, 0.717) is 36.5 Å². The van der Waals surface area contributed by atoms with Crippen molar-refractivity contribution in [3.05, 3.63) is 30.0 Å². The van der Waals surface area contributed by atoms with Gasteiger partial charge in [-0.05, 0) is 74.1 Å². The van der Waals surface area contributed by atoms with Crippen LogP contribution >= 0.6 is 0 Å². The van der Waals surface area contributed by atoms with E-state index in [9.17, 15) is 13.2 Å². The third kappa shape index (κ3) is 4.71. The quantitative estimate of drug-likeness (QED) is 0.678. The standard InChI is InChI=1S/C26H38N4O3S/c1-19-9-15-30(16-10-19)34(32,33)27-22-7-8-25-23(17-22)24(18-28(25)2)20-11-13-29(14-12-20)26(31)21-5-3-4-6-21/h7-8,17-21,27H,3-6,9-16H2,1-2H3. The van der Waals surface area contributed by atoms with Crippen molar-refractivity contribution in [2.24, 2.45) is 18.9 Å². The first-order valence-corrected chi connectivity index (χ1v) is 14.4. The molecule has 1 aliphatic carbocycles. The molecule has 2 aromatic rings. The molecule has 0 radical (unpaired) electrons. The van der Waals surface area contributed by atoms with E-state index in [1.165, 1.54) is 18.4 Å². The molecular weight excluding hydrogens is 448 g/mol. The normalized spacial score (nSPS) is 22.0. The Labute approximate surface area is 203 Å². The number of rotatable bonds is 5. The fourth-order valence-corrected chi connectivity index (χ4v) is 7.34. The average Bonchev–Trinajstić information content (AvgIpc) is 3.47. The number of benzene rings is 1. The van der Waals surface area contributed by atoms with E-state index < -0.39 is 10.2 Å². The highest BCUT2D eigenvalue weighted by Gasteiger charge is 2.31. The molecule has 2 aliphatic heterocycles. The highest BCUT2D eigenvalue weighted by Crippen LogP contribution is 2.37. The number of aryl methyl sites for hydroxylation is 1. The van der Waals surface area contributed by atoms with E-state index in [2.05, 4.69) is 27.3 Å². The van der Waals surface area contributed by atoms with Gasteiger partial charge in [0.05, 0.1) is 5.69 Å². The highest BCUT2D eigenvalue weighted by molar-refractivity contribution is 7.90. The first kappa shape index (κ1) is 23.7. The molecule has 1 saturated carbocycles. The van der Waals surface area contributed by atoms with Crippen LogP contribution in [0.5, 0.6) is 0 Å². The maximum atomic E-state index is 13.0. The lowest BCUT2D eigenvalue weighted by Crippen LogP contribution is -2.41. The third-order valence-corrected chi connectivity index (χ3v) is 9.84. The van der Waals surface area contributed by atoms with E-state index in [1.54, 1.807) is 4.31 Å². The van der Waals surface area contributed by atoms with Crippen LogP contribution in [0.4, 0.5) is 5.69 Å². The molecule has 8 heteroatoms. The van der Waals surface area contributed by atoms with Crippen LogP contribution in [0.3, 0.4) is 0 Å². The van der Waals surface area contributed by atoms with Gasteiger partial charge in [0.1, 0.15) is 0 Å². The lowest BCUT2D eigenvalue weighted by Gasteiger charge is -2.33. The maximum Gasteiger partial charge on any atom is 0.301 e. The van der Waals surface area contributed by atoms with Gasteiger partial charge >= 0.3 is 10.2 Å². The largest absolute Gasteiger partial charge is 0.350 e. The number of likely N-dealkylation sites (tertiary alicyclic amines) is 1. The van der Waals surface area contributed by atoms with Gasteiger partial charge in [-0.15, -0.1) is 0 Å². The van der Waals surface area contributed by atoms with Crippen LogP contribution < -0.4 is 4.72 Å². The summed E-state index contributed by atoms with van der Waals surface area (Å²) < 4.78 is 32.5. The molecule has 1 amide bonds. The molecule has 3 fully saturated rings. The number of nitrogens with one attached hydrogen (secondary N) is 1. The maximum absolute atomic E-state index is 13.0. The Morgan fingerprint density at radius 1 is 0.971 bits per heavy atom. The molecule has 0 atom stereocenters. The van der Waals surface area contributed by atoms with Crippen molar-refractivity contribution in [3.63, 3.8) is 0 Å². The molecule has 7 nitrogen and oxygen atoms in total. The summed E-state index contributed by atoms with van der Waals surface area (Å²) in [6.07, 6.45) is 10.4. The van der Waals surface area contributed by atoms with E-state index in [4.69, 9.17) is 0 Å². The number of anilines is 1. The number of amides is 1. The minimum Gasteiger partial charge on any atom is -0.350 e. The topological polar surface area (TPSA) is 74.7 Å². The summed E-state index contributed by atoms with van der Waals surface area (Å²) in [5.74, 6) is 1.56. The molecule has 0 spiro atoms. The zero-order valence-electron chi connectivity index (χ0n) is 20.5. The number of carbonyl (C=O) groups excluding carboxylic acids is 1. The number of aromatic nitrogens is 1. The van der Waals surface area contributed by atoms with Crippen LogP contribution in [0.25, 0.3) is 10.9 Å². The molecule has 1 aromatic heterocycles.